The Morgan fingerprint density at radius 2 is 2.14 bits per heavy atom. The lowest BCUT2D eigenvalue weighted by Crippen LogP contribution is -2.46. The summed E-state index contributed by atoms with van der Waals surface area (Å²) in [4.78, 5) is 30.1. The van der Waals surface area contributed by atoms with Crippen molar-refractivity contribution in [3.63, 3.8) is 0 Å². The summed E-state index contributed by atoms with van der Waals surface area (Å²) in [6, 6.07) is 3.85. The van der Waals surface area contributed by atoms with Gasteiger partial charge in [-0.05, 0) is 37.0 Å². The molecule has 0 spiro atoms. The largest absolute Gasteiger partial charge is 0.355 e. The number of likely N-dealkylation sites (tertiary alicyclic amines) is 1. The predicted octanol–water partition coefficient (Wildman–Crippen LogP) is 0.328. The molecular formula is C16H24N4O2. The molecule has 120 valence electrons. The van der Waals surface area contributed by atoms with Gasteiger partial charge < -0.3 is 16.0 Å². The first-order valence-electron chi connectivity index (χ1n) is 7.85. The summed E-state index contributed by atoms with van der Waals surface area (Å²) in [5, 5.41) is 2.81. The number of nitrogens with one attached hydrogen (secondary N) is 1. The van der Waals surface area contributed by atoms with E-state index in [0.29, 0.717) is 32.5 Å². The van der Waals surface area contributed by atoms with Crippen LogP contribution in [0.1, 0.15) is 24.8 Å². The highest BCUT2D eigenvalue weighted by molar-refractivity contribution is 5.81. The Labute approximate surface area is 131 Å². The number of hydrogen-bond acceptors (Lipinski definition) is 4. The monoisotopic (exact) mass is 304 g/mol. The minimum Gasteiger partial charge on any atom is -0.355 e. The van der Waals surface area contributed by atoms with Crippen molar-refractivity contribution >= 4 is 11.8 Å². The van der Waals surface area contributed by atoms with Crippen LogP contribution in [0.4, 0.5) is 0 Å². The van der Waals surface area contributed by atoms with Crippen LogP contribution >= 0.6 is 0 Å². The molecule has 0 radical (unpaired) electrons. The highest BCUT2D eigenvalue weighted by Gasteiger charge is 2.27. The minimum absolute atomic E-state index is 0.0112. The number of piperidine rings is 1. The molecule has 1 aromatic rings. The van der Waals surface area contributed by atoms with Gasteiger partial charge in [-0.15, -0.1) is 0 Å². The van der Waals surface area contributed by atoms with Crippen molar-refractivity contribution < 1.29 is 9.59 Å². The van der Waals surface area contributed by atoms with Crippen molar-refractivity contribution in [2.24, 2.45) is 11.7 Å². The molecule has 1 aliphatic heterocycles. The van der Waals surface area contributed by atoms with Gasteiger partial charge in [0, 0.05) is 45.0 Å². The molecule has 0 bridgehead atoms. The first-order chi connectivity index (χ1) is 10.7. The molecular weight excluding hydrogens is 280 g/mol. The standard InChI is InChI=1S/C16H24N4O2/c17-7-10-19-16(22)14-2-1-11-20(12-14)15(21)4-3-13-5-8-18-9-6-13/h5-6,8-9,14H,1-4,7,10-12,17H2,(H,19,22). The molecule has 0 saturated carbocycles. The zero-order chi connectivity index (χ0) is 15.8. The van der Waals surface area contributed by atoms with Gasteiger partial charge in [0.1, 0.15) is 0 Å². The van der Waals surface area contributed by atoms with E-state index in [1.54, 1.807) is 12.4 Å². The molecule has 0 aromatic carbocycles. The summed E-state index contributed by atoms with van der Waals surface area (Å²) in [6.07, 6.45) is 6.37. The average molecular weight is 304 g/mol. The molecule has 1 aliphatic rings. The number of carbonyl (C=O) groups is 2. The van der Waals surface area contributed by atoms with E-state index in [9.17, 15) is 9.59 Å². The number of rotatable bonds is 6. The first-order valence-corrected chi connectivity index (χ1v) is 7.85. The van der Waals surface area contributed by atoms with Crippen LogP contribution in [-0.4, -0.2) is 47.9 Å². The Morgan fingerprint density at radius 1 is 1.36 bits per heavy atom. The molecule has 2 amide bonds. The highest BCUT2D eigenvalue weighted by Crippen LogP contribution is 2.18. The molecule has 0 aliphatic carbocycles. The third-order valence-corrected chi connectivity index (χ3v) is 3.97. The third kappa shape index (κ3) is 4.80. The van der Waals surface area contributed by atoms with Crippen LogP contribution in [0.3, 0.4) is 0 Å². The smallest absolute Gasteiger partial charge is 0.224 e. The summed E-state index contributed by atoms with van der Waals surface area (Å²) in [7, 11) is 0. The number of aryl methyl sites for hydroxylation is 1. The number of pyridine rings is 1. The summed E-state index contributed by atoms with van der Waals surface area (Å²) >= 11 is 0. The lowest BCUT2D eigenvalue weighted by molar-refractivity contribution is -0.135. The predicted molar refractivity (Wildman–Crippen MR) is 83.9 cm³/mol. The van der Waals surface area contributed by atoms with Crippen molar-refractivity contribution in [3.05, 3.63) is 30.1 Å². The molecule has 1 aromatic heterocycles. The van der Waals surface area contributed by atoms with Gasteiger partial charge in [-0.2, -0.15) is 0 Å². The first kappa shape index (κ1) is 16.4. The van der Waals surface area contributed by atoms with Gasteiger partial charge in [0.2, 0.25) is 11.8 Å². The van der Waals surface area contributed by atoms with Gasteiger partial charge in [-0.25, -0.2) is 0 Å². The molecule has 6 nitrogen and oxygen atoms in total. The normalized spacial score (nSPS) is 18.0. The van der Waals surface area contributed by atoms with E-state index in [0.717, 1.165) is 24.9 Å². The summed E-state index contributed by atoms with van der Waals surface area (Å²) in [5.41, 5.74) is 6.50. The van der Waals surface area contributed by atoms with Crippen LogP contribution in [0.15, 0.2) is 24.5 Å². The number of carbonyl (C=O) groups excluding carboxylic acids is 2. The van der Waals surface area contributed by atoms with Crippen molar-refractivity contribution in [3.8, 4) is 0 Å². The number of aromatic nitrogens is 1. The van der Waals surface area contributed by atoms with Gasteiger partial charge in [0.25, 0.3) is 0 Å². The lowest BCUT2D eigenvalue weighted by atomic mass is 9.96. The lowest BCUT2D eigenvalue weighted by Gasteiger charge is -2.32. The molecule has 1 unspecified atom stereocenters. The van der Waals surface area contributed by atoms with Gasteiger partial charge in [-0.3, -0.25) is 14.6 Å². The quantitative estimate of drug-likeness (QED) is 0.792. The second-order valence-electron chi connectivity index (χ2n) is 5.61. The van der Waals surface area contributed by atoms with Crippen molar-refractivity contribution in [2.45, 2.75) is 25.7 Å². The van der Waals surface area contributed by atoms with E-state index < -0.39 is 0 Å². The van der Waals surface area contributed by atoms with Gasteiger partial charge in [-0.1, -0.05) is 0 Å². The van der Waals surface area contributed by atoms with E-state index >= 15 is 0 Å². The molecule has 2 rings (SSSR count). The number of hydrogen-bond donors (Lipinski definition) is 2. The summed E-state index contributed by atoms with van der Waals surface area (Å²) in [6.45, 7) is 2.19. The van der Waals surface area contributed by atoms with Crippen LogP contribution in [0.2, 0.25) is 0 Å². The van der Waals surface area contributed by atoms with Crippen LogP contribution in [0.5, 0.6) is 0 Å². The maximum atomic E-state index is 12.3. The van der Waals surface area contributed by atoms with E-state index in [-0.39, 0.29) is 17.7 Å². The minimum atomic E-state index is -0.106. The second kappa shape index (κ2) is 8.48. The summed E-state index contributed by atoms with van der Waals surface area (Å²) in [5.74, 6) is 0.0235. The summed E-state index contributed by atoms with van der Waals surface area (Å²) < 4.78 is 0. The fourth-order valence-electron chi connectivity index (χ4n) is 2.72. The van der Waals surface area contributed by atoms with E-state index in [1.165, 1.54) is 0 Å². The molecule has 2 heterocycles. The SMILES string of the molecule is NCCNC(=O)C1CCCN(C(=O)CCc2ccncc2)C1. The van der Waals surface area contributed by atoms with Gasteiger partial charge in [0.15, 0.2) is 0 Å². The fourth-order valence-corrected chi connectivity index (χ4v) is 2.72. The highest BCUT2D eigenvalue weighted by atomic mass is 16.2. The average Bonchev–Trinajstić information content (AvgIpc) is 2.58. The van der Waals surface area contributed by atoms with Crippen molar-refractivity contribution in [2.75, 3.05) is 26.2 Å². The Hall–Kier alpha value is -1.95. The van der Waals surface area contributed by atoms with Crippen LogP contribution in [0, 0.1) is 5.92 Å². The van der Waals surface area contributed by atoms with Crippen molar-refractivity contribution in [1.82, 2.24) is 15.2 Å². The molecule has 6 heteroatoms. The molecule has 1 atom stereocenters. The molecule has 3 N–H and O–H groups in total. The topological polar surface area (TPSA) is 88.3 Å². The maximum Gasteiger partial charge on any atom is 0.224 e. The number of amides is 2. The molecule has 1 fully saturated rings. The third-order valence-electron chi connectivity index (χ3n) is 3.97. The van der Waals surface area contributed by atoms with Crippen LogP contribution in [-0.2, 0) is 16.0 Å². The zero-order valence-electron chi connectivity index (χ0n) is 12.8. The van der Waals surface area contributed by atoms with Crippen molar-refractivity contribution in [1.29, 1.82) is 0 Å². The Balaban J connectivity index is 1.81. The maximum absolute atomic E-state index is 12.3. The second-order valence-corrected chi connectivity index (χ2v) is 5.61. The number of nitrogens with two attached hydrogens (primary N) is 1. The van der Waals surface area contributed by atoms with Crippen LogP contribution < -0.4 is 11.1 Å². The fraction of sp³-hybridized carbons (Fsp3) is 0.562. The van der Waals surface area contributed by atoms with E-state index in [4.69, 9.17) is 5.73 Å². The zero-order valence-corrected chi connectivity index (χ0v) is 12.8. The molecule has 1 saturated heterocycles. The van der Waals surface area contributed by atoms with Crippen LogP contribution in [0.25, 0.3) is 0 Å². The van der Waals surface area contributed by atoms with Gasteiger partial charge >= 0.3 is 0 Å². The van der Waals surface area contributed by atoms with E-state index in [2.05, 4.69) is 10.3 Å². The Morgan fingerprint density at radius 3 is 2.86 bits per heavy atom. The van der Waals surface area contributed by atoms with Gasteiger partial charge in [0.05, 0.1) is 5.92 Å². The van der Waals surface area contributed by atoms with E-state index in [1.807, 2.05) is 17.0 Å². The number of nitrogens with zero attached hydrogens (tertiary/aromatic N) is 2. The molecule has 22 heavy (non-hydrogen) atoms. The Bertz CT molecular complexity index is 492. The Kier molecular flexibility index (Phi) is 6.33.